The molecule has 2 aromatic carbocycles. The third-order valence-electron chi connectivity index (χ3n) is 10.5. The largest absolute Gasteiger partial charge is 0.493 e. The number of hydrogen-bond acceptors (Lipinski definition) is 10. The lowest BCUT2D eigenvalue weighted by molar-refractivity contribution is -0.253. The number of carbonyl (C=O) groups excluding carboxylic acids is 1. The van der Waals surface area contributed by atoms with Crippen molar-refractivity contribution in [1.82, 2.24) is 4.90 Å². The molecule has 1 aliphatic heterocycles. The van der Waals surface area contributed by atoms with Crippen LogP contribution in [0.25, 0.3) is 0 Å². The van der Waals surface area contributed by atoms with Crippen LogP contribution < -0.4 is 9.47 Å². The molecule has 1 fully saturated rings. The molecule has 2 aromatic rings. The molecule has 0 aromatic heterocycles. The molecule has 11 heteroatoms. The van der Waals surface area contributed by atoms with Crippen LogP contribution >= 0.6 is 11.8 Å². The van der Waals surface area contributed by atoms with Crippen LogP contribution in [0.4, 0.5) is 4.79 Å². The number of allylic oxidation sites excluding steroid dienone is 1. The fourth-order valence-corrected chi connectivity index (χ4v) is 8.97. The van der Waals surface area contributed by atoms with Gasteiger partial charge in [0, 0.05) is 48.8 Å². The first kappa shape index (κ1) is 40.4. The van der Waals surface area contributed by atoms with E-state index in [2.05, 4.69) is 42.6 Å². The molecule has 1 amide bonds. The number of ether oxygens (including phenoxy) is 4. The molecular weight excluding hydrogens is 693 g/mol. The number of hydrogen-bond donors (Lipinski definition) is 2. The predicted octanol–water partition coefficient (Wildman–Crippen LogP) is 7.77. The summed E-state index contributed by atoms with van der Waals surface area (Å²) in [5, 5.41) is 24.1. The van der Waals surface area contributed by atoms with Gasteiger partial charge in [-0.3, -0.25) is 0 Å². The van der Waals surface area contributed by atoms with E-state index in [4.69, 9.17) is 23.8 Å². The number of oxime groups is 1. The highest BCUT2D eigenvalue weighted by Gasteiger charge is 2.65. The molecule has 6 unspecified atom stereocenters. The van der Waals surface area contributed by atoms with Crippen LogP contribution in [0.3, 0.4) is 0 Å². The molecule has 0 saturated heterocycles. The number of aliphatic hydroxyl groups excluding tert-OH is 2. The van der Waals surface area contributed by atoms with E-state index in [1.54, 1.807) is 35.9 Å². The Balaban J connectivity index is 1.62. The topological polar surface area (TPSA) is 119 Å². The van der Waals surface area contributed by atoms with Crippen molar-refractivity contribution in [2.24, 2.45) is 22.9 Å². The van der Waals surface area contributed by atoms with E-state index in [0.717, 1.165) is 54.0 Å². The minimum absolute atomic E-state index is 0.119. The van der Waals surface area contributed by atoms with Gasteiger partial charge >= 0.3 is 6.09 Å². The Kier molecular flexibility index (Phi) is 15.3. The normalized spacial score (nSPS) is 24.9. The van der Waals surface area contributed by atoms with Crippen molar-refractivity contribution in [2.75, 3.05) is 52.9 Å². The van der Waals surface area contributed by atoms with Gasteiger partial charge in [0.05, 0.1) is 31.5 Å². The summed E-state index contributed by atoms with van der Waals surface area (Å²) in [7, 11) is 3.26. The third kappa shape index (κ3) is 9.49. The maximum atomic E-state index is 13.7. The van der Waals surface area contributed by atoms with Gasteiger partial charge in [-0.2, -0.15) is 0 Å². The average molecular weight is 749 g/mol. The van der Waals surface area contributed by atoms with Crippen molar-refractivity contribution in [3.8, 4) is 11.5 Å². The summed E-state index contributed by atoms with van der Waals surface area (Å²) in [5.41, 5.74) is 2.73. The molecule has 1 saturated carbocycles. The van der Waals surface area contributed by atoms with E-state index in [9.17, 15) is 15.0 Å². The Labute approximate surface area is 318 Å². The Bertz CT molecular complexity index is 1570. The first-order valence-electron chi connectivity index (χ1n) is 18.8. The van der Waals surface area contributed by atoms with Crippen molar-refractivity contribution in [3.05, 3.63) is 91.1 Å². The van der Waals surface area contributed by atoms with Crippen LogP contribution in [-0.2, 0) is 14.3 Å². The summed E-state index contributed by atoms with van der Waals surface area (Å²) in [4.78, 5) is 21.9. The Morgan fingerprint density at radius 1 is 1.06 bits per heavy atom. The summed E-state index contributed by atoms with van der Waals surface area (Å²) in [6.07, 6.45) is 10.9. The second-order valence-electron chi connectivity index (χ2n) is 13.8. The lowest BCUT2D eigenvalue weighted by Gasteiger charge is -2.59. The van der Waals surface area contributed by atoms with Crippen LogP contribution in [0.5, 0.6) is 11.5 Å². The van der Waals surface area contributed by atoms with Gasteiger partial charge in [0.25, 0.3) is 0 Å². The van der Waals surface area contributed by atoms with Crippen molar-refractivity contribution >= 4 is 23.6 Å². The molecule has 2 N–H and O–H groups in total. The molecule has 0 radical (unpaired) electrons. The second-order valence-corrected chi connectivity index (χ2v) is 14.9. The standard InChI is InChI=1S/C42H56N2O8S/c1-5-7-24-50-41(47)44(3)38-29-36(43-48-4)34-27-30(15-11-13-21-45)33(18-12-14-22-46)39-35-28-31(49-25-26-53-32-16-9-8-10-17-32)19-20-37(35)52-42(38,40(34)39)51-23-6-2/h5-6,8-10,16-17,19-20,27-28,30,33,38-40,45-46H,1-2,7,11-15,18,21-26,29H2,3-4H3. The van der Waals surface area contributed by atoms with Gasteiger partial charge < -0.3 is 38.9 Å². The number of fused-ring (bicyclic) bond motifs is 2. The van der Waals surface area contributed by atoms with Crippen molar-refractivity contribution in [3.63, 3.8) is 0 Å². The molecule has 0 bridgehead atoms. The average Bonchev–Trinajstić information content (AvgIpc) is 3.17. The highest BCUT2D eigenvalue weighted by molar-refractivity contribution is 7.99. The van der Waals surface area contributed by atoms with Crippen LogP contribution in [0.2, 0.25) is 0 Å². The van der Waals surface area contributed by atoms with Crippen LogP contribution in [-0.4, -0.2) is 91.7 Å². The van der Waals surface area contributed by atoms with Crippen molar-refractivity contribution in [1.29, 1.82) is 0 Å². The van der Waals surface area contributed by atoms with Crippen molar-refractivity contribution < 1.29 is 38.8 Å². The SMILES string of the molecule is C=CCCOC(=O)N(C)C1CC(=NOC)C2=CC(CCCCO)C(CCCCO)C3c4cc(OCCSc5ccccc5)ccc4OC1(OCC=C)C23. The fourth-order valence-electron chi connectivity index (χ4n) is 8.22. The van der Waals surface area contributed by atoms with E-state index in [-0.39, 0.29) is 50.1 Å². The number of likely N-dealkylation sites (N-methyl/N-ethyl adjacent to an activating group) is 1. The number of aliphatic hydroxyl groups is 2. The lowest BCUT2D eigenvalue weighted by atomic mass is 9.55. The Hall–Kier alpha value is -3.77. The van der Waals surface area contributed by atoms with Gasteiger partial charge in [-0.15, -0.1) is 24.9 Å². The van der Waals surface area contributed by atoms with Gasteiger partial charge in [0.1, 0.15) is 24.7 Å². The van der Waals surface area contributed by atoms with Gasteiger partial charge in [-0.25, -0.2) is 4.79 Å². The zero-order valence-electron chi connectivity index (χ0n) is 31.2. The molecule has 6 atom stereocenters. The van der Waals surface area contributed by atoms with Crippen LogP contribution in [0, 0.1) is 17.8 Å². The summed E-state index contributed by atoms with van der Waals surface area (Å²) >= 11 is 1.75. The molecule has 1 heterocycles. The number of thioether (sulfide) groups is 1. The smallest absolute Gasteiger partial charge is 0.409 e. The number of amides is 1. The molecule has 0 spiro atoms. The van der Waals surface area contributed by atoms with E-state index < -0.39 is 17.9 Å². The molecule has 53 heavy (non-hydrogen) atoms. The van der Waals surface area contributed by atoms with Gasteiger partial charge in [-0.1, -0.05) is 54.4 Å². The zero-order valence-corrected chi connectivity index (χ0v) is 32.0. The van der Waals surface area contributed by atoms with E-state index in [1.807, 2.05) is 30.3 Å². The zero-order chi connectivity index (χ0) is 37.6. The minimum Gasteiger partial charge on any atom is -0.493 e. The molecular formula is C42H56N2O8S. The molecule has 288 valence electrons. The number of carbonyl (C=O) groups is 1. The maximum Gasteiger partial charge on any atom is 0.409 e. The monoisotopic (exact) mass is 748 g/mol. The number of nitrogens with zero attached hydrogens (tertiary/aromatic N) is 2. The Morgan fingerprint density at radius 3 is 2.55 bits per heavy atom. The Morgan fingerprint density at radius 2 is 1.83 bits per heavy atom. The van der Waals surface area contributed by atoms with Gasteiger partial charge in [-0.05, 0) is 79.8 Å². The maximum absolute atomic E-state index is 13.7. The second kappa shape index (κ2) is 20.1. The third-order valence-corrected chi connectivity index (χ3v) is 11.5. The summed E-state index contributed by atoms with van der Waals surface area (Å²) < 4.78 is 26.1. The van der Waals surface area contributed by atoms with Gasteiger partial charge in [0.2, 0.25) is 5.79 Å². The van der Waals surface area contributed by atoms with Gasteiger partial charge in [0.15, 0.2) is 0 Å². The highest BCUT2D eigenvalue weighted by Crippen LogP contribution is 2.61. The lowest BCUT2D eigenvalue weighted by Crippen LogP contribution is -2.69. The highest BCUT2D eigenvalue weighted by atomic mass is 32.2. The molecule has 3 aliphatic rings. The van der Waals surface area contributed by atoms with Crippen molar-refractivity contribution in [2.45, 2.75) is 74.0 Å². The first-order valence-corrected chi connectivity index (χ1v) is 19.8. The fraction of sp³-hybridized carbons (Fsp3) is 0.524. The van der Waals surface area contributed by atoms with Crippen LogP contribution in [0.15, 0.2) is 95.5 Å². The van der Waals surface area contributed by atoms with E-state index >= 15 is 0 Å². The molecule has 5 rings (SSSR count). The predicted molar refractivity (Wildman–Crippen MR) is 209 cm³/mol. The summed E-state index contributed by atoms with van der Waals surface area (Å²) in [6, 6.07) is 15.7. The van der Waals surface area contributed by atoms with Crippen LogP contribution in [0.1, 0.15) is 62.8 Å². The first-order chi connectivity index (χ1) is 25.9. The molecule has 10 nitrogen and oxygen atoms in total. The van der Waals surface area contributed by atoms with E-state index in [1.165, 1.54) is 12.0 Å². The number of unbranched alkanes of at least 4 members (excludes halogenated alkanes) is 2. The number of benzene rings is 2. The van der Waals surface area contributed by atoms with E-state index in [0.29, 0.717) is 38.0 Å². The minimum atomic E-state index is -1.32. The summed E-state index contributed by atoms with van der Waals surface area (Å²) in [5.74, 6) is 0.655. The molecule has 2 aliphatic carbocycles. The summed E-state index contributed by atoms with van der Waals surface area (Å²) in [6.45, 7) is 8.89. The quantitative estimate of drug-likeness (QED) is 0.0572. The number of rotatable bonds is 21.